The molecule has 23 heavy (non-hydrogen) atoms. The molecule has 0 aliphatic rings. The number of sulfonamides is 1. The molecule has 0 heterocycles. The van der Waals surface area contributed by atoms with Crippen LogP contribution < -0.4 is 14.2 Å². The van der Waals surface area contributed by atoms with Crippen LogP contribution in [0, 0.1) is 0 Å². The Morgan fingerprint density at radius 1 is 1.04 bits per heavy atom. The predicted octanol–water partition coefficient (Wildman–Crippen LogP) is 3.51. The molecule has 2 rings (SSSR count). The van der Waals surface area contributed by atoms with Gasteiger partial charge in [-0.3, -0.25) is 0 Å². The highest BCUT2D eigenvalue weighted by Gasteiger charge is 2.24. The minimum Gasteiger partial charge on any atom is -0.496 e. The fourth-order valence-corrected chi connectivity index (χ4v) is 4.03. The average molecular weight is 400 g/mol. The first kappa shape index (κ1) is 17.8. The molecule has 0 spiro atoms. The molecule has 0 radical (unpaired) electrons. The van der Waals surface area contributed by atoms with Gasteiger partial charge >= 0.3 is 0 Å². The molecule has 5 nitrogen and oxygen atoms in total. The second kappa shape index (κ2) is 7.33. The normalized spacial score (nSPS) is 12.7. The van der Waals surface area contributed by atoms with E-state index in [2.05, 4.69) is 20.7 Å². The van der Waals surface area contributed by atoms with Crippen molar-refractivity contribution in [3.63, 3.8) is 0 Å². The van der Waals surface area contributed by atoms with Gasteiger partial charge in [-0.25, -0.2) is 13.1 Å². The number of hydrogen-bond donors (Lipinski definition) is 1. The zero-order chi connectivity index (χ0) is 17.0. The van der Waals surface area contributed by atoms with Crippen LogP contribution in [0.5, 0.6) is 11.5 Å². The van der Waals surface area contributed by atoms with E-state index < -0.39 is 10.0 Å². The quantitative estimate of drug-likeness (QED) is 0.806. The van der Waals surface area contributed by atoms with Crippen molar-refractivity contribution >= 4 is 26.0 Å². The maximum Gasteiger partial charge on any atom is 0.244 e. The molecule has 0 saturated heterocycles. The molecular weight excluding hydrogens is 382 g/mol. The first-order valence-corrected chi connectivity index (χ1v) is 9.15. The van der Waals surface area contributed by atoms with Gasteiger partial charge in [0.2, 0.25) is 10.0 Å². The third-order valence-electron chi connectivity index (χ3n) is 3.36. The van der Waals surface area contributed by atoms with Crippen LogP contribution >= 0.6 is 15.9 Å². The van der Waals surface area contributed by atoms with Crippen molar-refractivity contribution in [1.82, 2.24) is 4.72 Å². The van der Waals surface area contributed by atoms with Crippen LogP contribution in [0.3, 0.4) is 0 Å². The third kappa shape index (κ3) is 4.04. The van der Waals surface area contributed by atoms with E-state index in [-0.39, 0.29) is 16.7 Å². The minimum atomic E-state index is -3.78. The maximum absolute atomic E-state index is 12.7. The first-order chi connectivity index (χ1) is 10.9. The van der Waals surface area contributed by atoms with Crippen LogP contribution in [-0.2, 0) is 10.0 Å². The molecule has 0 unspecified atom stereocenters. The van der Waals surface area contributed by atoms with Crippen LogP contribution in [0.4, 0.5) is 0 Å². The van der Waals surface area contributed by atoms with E-state index in [9.17, 15) is 8.42 Å². The van der Waals surface area contributed by atoms with E-state index in [0.29, 0.717) is 10.2 Å². The van der Waals surface area contributed by atoms with Gasteiger partial charge in [0, 0.05) is 12.1 Å². The van der Waals surface area contributed by atoms with Crippen molar-refractivity contribution in [2.24, 2.45) is 0 Å². The van der Waals surface area contributed by atoms with Crippen molar-refractivity contribution in [3.8, 4) is 11.5 Å². The maximum atomic E-state index is 12.7. The highest BCUT2D eigenvalue weighted by Crippen LogP contribution is 2.35. The average Bonchev–Trinajstić information content (AvgIpc) is 2.54. The number of hydrogen-bond acceptors (Lipinski definition) is 4. The highest BCUT2D eigenvalue weighted by molar-refractivity contribution is 9.10. The summed E-state index contributed by atoms with van der Waals surface area (Å²) in [7, 11) is -0.876. The van der Waals surface area contributed by atoms with Gasteiger partial charge < -0.3 is 9.47 Å². The molecular formula is C16H18BrNO4S. The van der Waals surface area contributed by atoms with Crippen molar-refractivity contribution < 1.29 is 17.9 Å². The second-order valence-corrected chi connectivity index (χ2v) is 7.43. The molecule has 0 aliphatic heterocycles. The molecule has 0 fully saturated rings. The van der Waals surface area contributed by atoms with E-state index in [1.807, 2.05) is 30.3 Å². The van der Waals surface area contributed by atoms with Gasteiger partial charge in [0.05, 0.1) is 18.7 Å². The van der Waals surface area contributed by atoms with Gasteiger partial charge in [0.25, 0.3) is 0 Å². The van der Waals surface area contributed by atoms with E-state index in [1.165, 1.54) is 20.3 Å². The smallest absolute Gasteiger partial charge is 0.244 e. The summed E-state index contributed by atoms with van der Waals surface area (Å²) in [6, 6.07) is 12.0. The zero-order valence-corrected chi connectivity index (χ0v) is 15.4. The summed E-state index contributed by atoms with van der Waals surface area (Å²) in [6.07, 6.45) is 0. The lowest BCUT2D eigenvalue weighted by Crippen LogP contribution is -2.27. The molecule has 2 aromatic rings. The Balaban J connectivity index is 2.39. The summed E-state index contributed by atoms with van der Waals surface area (Å²) >= 11 is 3.32. The van der Waals surface area contributed by atoms with Gasteiger partial charge in [-0.2, -0.15) is 0 Å². The van der Waals surface area contributed by atoms with Crippen molar-refractivity contribution in [1.29, 1.82) is 0 Å². The fraction of sp³-hybridized carbons (Fsp3) is 0.250. The lowest BCUT2D eigenvalue weighted by Gasteiger charge is -2.17. The largest absolute Gasteiger partial charge is 0.496 e. The fourth-order valence-electron chi connectivity index (χ4n) is 2.15. The van der Waals surface area contributed by atoms with Crippen molar-refractivity contribution in [2.75, 3.05) is 14.2 Å². The lowest BCUT2D eigenvalue weighted by molar-refractivity contribution is 0.390. The summed E-state index contributed by atoms with van der Waals surface area (Å²) in [6.45, 7) is 1.79. The Morgan fingerprint density at radius 3 is 2.22 bits per heavy atom. The Bertz CT molecular complexity index is 778. The van der Waals surface area contributed by atoms with E-state index in [4.69, 9.17) is 9.47 Å². The Morgan fingerprint density at radius 2 is 1.65 bits per heavy atom. The highest BCUT2D eigenvalue weighted by atomic mass is 79.9. The van der Waals surface area contributed by atoms with E-state index >= 15 is 0 Å². The van der Waals surface area contributed by atoms with Crippen LogP contribution in [0.1, 0.15) is 18.5 Å². The third-order valence-corrected chi connectivity index (χ3v) is 5.54. The SMILES string of the molecule is COc1cc(S(=O)(=O)N[C@H](C)c2ccccc2)c(OC)cc1Br. The minimum absolute atomic E-state index is 0.0304. The van der Waals surface area contributed by atoms with Crippen molar-refractivity contribution in [3.05, 3.63) is 52.5 Å². The molecule has 2 aromatic carbocycles. The Kier molecular flexibility index (Phi) is 5.67. The van der Waals surface area contributed by atoms with Gasteiger partial charge in [-0.15, -0.1) is 0 Å². The topological polar surface area (TPSA) is 64.6 Å². The molecule has 1 atom stereocenters. The summed E-state index contributed by atoms with van der Waals surface area (Å²) in [5.41, 5.74) is 0.874. The standard InChI is InChI=1S/C16H18BrNO4S/c1-11(12-7-5-4-6-8-12)18-23(19,20)16-10-14(21-2)13(17)9-15(16)22-3/h4-11,18H,1-3H3/t11-/m1/s1. The van der Waals surface area contributed by atoms with Crippen LogP contribution in [0.15, 0.2) is 51.8 Å². The monoisotopic (exact) mass is 399 g/mol. The Labute approximate surface area is 144 Å². The van der Waals surface area contributed by atoms with Crippen molar-refractivity contribution in [2.45, 2.75) is 17.9 Å². The van der Waals surface area contributed by atoms with Crippen LogP contribution in [-0.4, -0.2) is 22.6 Å². The van der Waals surface area contributed by atoms with Gasteiger partial charge in [0.15, 0.2) is 0 Å². The summed E-state index contributed by atoms with van der Waals surface area (Å²) in [5.74, 6) is 0.656. The molecule has 7 heteroatoms. The number of rotatable bonds is 6. The molecule has 0 aromatic heterocycles. The number of ether oxygens (including phenoxy) is 2. The van der Waals surface area contributed by atoms with Gasteiger partial charge in [0.1, 0.15) is 16.4 Å². The first-order valence-electron chi connectivity index (χ1n) is 6.88. The van der Waals surface area contributed by atoms with Crippen LogP contribution in [0.25, 0.3) is 0 Å². The van der Waals surface area contributed by atoms with E-state index in [1.54, 1.807) is 13.0 Å². The number of nitrogens with one attached hydrogen (secondary N) is 1. The summed E-state index contributed by atoms with van der Waals surface area (Å²) in [5, 5.41) is 0. The molecule has 0 aliphatic carbocycles. The Hall–Kier alpha value is -1.57. The molecule has 1 N–H and O–H groups in total. The predicted molar refractivity (Wildman–Crippen MR) is 92.4 cm³/mol. The summed E-state index contributed by atoms with van der Waals surface area (Å²) in [4.78, 5) is 0.0304. The number of halogens is 1. The van der Waals surface area contributed by atoms with Crippen LogP contribution in [0.2, 0.25) is 0 Å². The number of benzene rings is 2. The molecule has 0 saturated carbocycles. The zero-order valence-electron chi connectivity index (χ0n) is 13.0. The lowest BCUT2D eigenvalue weighted by atomic mass is 10.1. The summed E-state index contributed by atoms with van der Waals surface area (Å²) < 4.78 is 39.1. The molecule has 0 amide bonds. The second-order valence-electron chi connectivity index (χ2n) is 4.89. The van der Waals surface area contributed by atoms with Gasteiger partial charge in [-0.1, -0.05) is 30.3 Å². The van der Waals surface area contributed by atoms with Gasteiger partial charge in [-0.05, 0) is 34.5 Å². The number of methoxy groups -OCH3 is 2. The molecule has 0 bridgehead atoms. The molecule has 124 valence electrons. The van der Waals surface area contributed by atoms with E-state index in [0.717, 1.165) is 5.56 Å².